The summed E-state index contributed by atoms with van der Waals surface area (Å²) in [7, 11) is 0. The summed E-state index contributed by atoms with van der Waals surface area (Å²) in [6.07, 6.45) is 3.70. The molecule has 0 saturated carbocycles. The fourth-order valence-corrected chi connectivity index (χ4v) is 3.65. The molecule has 3 aromatic rings. The minimum atomic E-state index is -0.170. The van der Waals surface area contributed by atoms with Crippen LogP contribution in [0.5, 0.6) is 0 Å². The number of rotatable bonds is 4. The van der Waals surface area contributed by atoms with E-state index >= 15 is 0 Å². The number of benzene rings is 2. The Bertz CT molecular complexity index is 1050. The molecule has 0 atom stereocenters. The smallest absolute Gasteiger partial charge is 0.319 e. The maximum Gasteiger partial charge on any atom is 0.319 e. The molecule has 31 heavy (non-hydrogen) atoms. The predicted molar refractivity (Wildman–Crippen MR) is 124 cm³/mol. The Morgan fingerprint density at radius 3 is 2.45 bits per heavy atom. The molecule has 1 aromatic heterocycles. The molecule has 1 aliphatic heterocycles. The quantitative estimate of drug-likeness (QED) is 0.632. The lowest BCUT2D eigenvalue weighted by atomic mass is 10.1. The van der Waals surface area contributed by atoms with Gasteiger partial charge in [-0.15, -0.1) is 0 Å². The van der Waals surface area contributed by atoms with Crippen molar-refractivity contribution in [3.63, 3.8) is 0 Å². The molecular weight excluding hydrogens is 384 g/mol. The van der Waals surface area contributed by atoms with Crippen molar-refractivity contribution in [2.24, 2.45) is 0 Å². The number of amides is 2. The highest BCUT2D eigenvalue weighted by Crippen LogP contribution is 2.14. The highest BCUT2D eigenvalue weighted by molar-refractivity contribution is 5.89. The second kappa shape index (κ2) is 10.4. The number of pyridine rings is 1. The Labute approximate surface area is 183 Å². The molecule has 2 N–H and O–H groups in total. The Kier molecular flexibility index (Phi) is 6.94. The lowest BCUT2D eigenvalue weighted by Crippen LogP contribution is -2.45. The topological polar surface area (TPSA) is 57.3 Å². The monoisotopic (exact) mass is 410 g/mol. The lowest BCUT2D eigenvalue weighted by Gasteiger charge is -2.32. The number of aromatic nitrogens is 1. The number of hydrogen-bond donors (Lipinski definition) is 2. The molecule has 4 rings (SSSR count). The maximum absolute atomic E-state index is 12.5. The van der Waals surface area contributed by atoms with Crippen LogP contribution >= 0.6 is 0 Å². The first-order valence-electron chi connectivity index (χ1n) is 10.6. The van der Waals surface area contributed by atoms with Gasteiger partial charge in [0.2, 0.25) is 0 Å². The van der Waals surface area contributed by atoms with Crippen molar-refractivity contribution in [1.82, 2.24) is 15.2 Å². The highest BCUT2D eigenvalue weighted by Gasteiger charge is 2.21. The Hall–Kier alpha value is -3.62. The first-order valence-corrected chi connectivity index (χ1v) is 10.6. The summed E-state index contributed by atoms with van der Waals surface area (Å²) in [5, 5.41) is 6.04. The minimum Gasteiger partial charge on any atom is -0.335 e. The number of anilines is 1. The number of likely N-dealkylation sites (tertiary alicyclic amines) is 1. The molecule has 2 amide bonds. The van der Waals surface area contributed by atoms with E-state index in [1.54, 1.807) is 0 Å². The van der Waals surface area contributed by atoms with Gasteiger partial charge < -0.3 is 10.6 Å². The standard InChI is InChI=1S/C26H26N4O/c31-26(28-23-14-17-30(18-15-23)20-25-10-4-5-16-27-25)29-24-11-6-9-22(19-24)13-12-21-7-2-1-3-8-21/h1-11,16,19,23H,14-15,17-18,20H2,(H2,28,29,31). The van der Waals surface area contributed by atoms with Crippen molar-refractivity contribution in [2.45, 2.75) is 25.4 Å². The van der Waals surface area contributed by atoms with E-state index in [1.807, 2.05) is 72.9 Å². The van der Waals surface area contributed by atoms with E-state index < -0.39 is 0 Å². The fraction of sp³-hybridized carbons (Fsp3) is 0.231. The van der Waals surface area contributed by atoms with E-state index in [9.17, 15) is 4.79 Å². The van der Waals surface area contributed by atoms with Gasteiger partial charge in [-0.1, -0.05) is 42.2 Å². The number of nitrogens with one attached hydrogen (secondary N) is 2. The summed E-state index contributed by atoms with van der Waals surface area (Å²) < 4.78 is 0. The van der Waals surface area contributed by atoms with Crippen molar-refractivity contribution < 1.29 is 4.79 Å². The van der Waals surface area contributed by atoms with Gasteiger partial charge in [-0.2, -0.15) is 0 Å². The Morgan fingerprint density at radius 1 is 0.935 bits per heavy atom. The zero-order valence-corrected chi connectivity index (χ0v) is 17.4. The SMILES string of the molecule is O=C(Nc1cccc(C#Cc2ccccc2)c1)NC1CCN(Cc2ccccn2)CC1. The average molecular weight is 411 g/mol. The van der Waals surface area contributed by atoms with Gasteiger partial charge in [0, 0.05) is 48.7 Å². The fourth-order valence-electron chi connectivity index (χ4n) is 3.65. The molecule has 5 heteroatoms. The zero-order chi connectivity index (χ0) is 21.3. The van der Waals surface area contributed by atoms with E-state index in [4.69, 9.17) is 0 Å². The van der Waals surface area contributed by atoms with Crippen LogP contribution in [-0.4, -0.2) is 35.0 Å². The number of piperidine rings is 1. The molecule has 0 radical (unpaired) electrons. The van der Waals surface area contributed by atoms with Crippen LogP contribution in [0.15, 0.2) is 79.0 Å². The van der Waals surface area contributed by atoms with E-state index in [2.05, 4.69) is 38.4 Å². The third-order valence-electron chi connectivity index (χ3n) is 5.28. The Morgan fingerprint density at radius 2 is 1.68 bits per heavy atom. The van der Waals surface area contributed by atoms with Gasteiger partial charge in [-0.25, -0.2) is 4.79 Å². The third kappa shape index (κ3) is 6.43. The molecule has 156 valence electrons. The van der Waals surface area contributed by atoms with E-state index in [0.29, 0.717) is 0 Å². The summed E-state index contributed by atoms with van der Waals surface area (Å²) in [4.78, 5) is 19.2. The summed E-state index contributed by atoms with van der Waals surface area (Å²) in [5.74, 6) is 6.29. The largest absolute Gasteiger partial charge is 0.335 e. The number of urea groups is 1. The molecule has 0 aliphatic carbocycles. The molecule has 2 aromatic carbocycles. The normalized spacial score (nSPS) is 14.3. The third-order valence-corrected chi connectivity index (χ3v) is 5.28. The van der Waals surface area contributed by atoms with Crippen molar-refractivity contribution >= 4 is 11.7 Å². The second-order valence-corrected chi connectivity index (χ2v) is 7.67. The molecule has 1 saturated heterocycles. The van der Waals surface area contributed by atoms with Crippen LogP contribution in [0.2, 0.25) is 0 Å². The van der Waals surface area contributed by atoms with Crippen LogP contribution < -0.4 is 10.6 Å². The van der Waals surface area contributed by atoms with Crippen LogP contribution in [0.3, 0.4) is 0 Å². The molecule has 5 nitrogen and oxygen atoms in total. The molecule has 1 fully saturated rings. The molecule has 2 heterocycles. The van der Waals surface area contributed by atoms with Gasteiger partial charge in [0.05, 0.1) is 5.69 Å². The van der Waals surface area contributed by atoms with Gasteiger partial charge in [0.25, 0.3) is 0 Å². The molecular formula is C26H26N4O. The van der Waals surface area contributed by atoms with Gasteiger partial charge in [-0.05, 0) is 55.3 Å². The number of carbonyl (C=O) groups excluding carboxylic acids is 1. The molecule has 1 aliphatic rings. The van der Waals surface area contributed by atoms with E-state index in [0.717, 1.165) is 55.0 Å². The van der Waals surface area contributed by atoms with E-state index in [-0.39, 0.29) is 12.1 Å². The van der Waals surface area contributed by atoms with Crippen molar-refractivity contribution in [1.29, 1.82) is 0 Å². The van der Waals surface area contributed by atoms with Crippen molar-refractivity contribution in [2.75, 3.05) is 18.4 Å². The van der Waals surface area contributed by atoms with Gasteiger partial charge >= 0.3 is 6.03 Å². The Balaban J connectivity index is 1.25. The van der Waals surface area contributed by atoms with Crippen molar-refractivity contribution in [3.8, 4) is 11.8 Å². The average Bonchev–Trinajstić information content (AvgIpc) is 2.81. The highest BCUT2D eigenvalue weighted by atomic mass is 16.2. The van der Waals surface area contributed by atoms with Crippen LogP contribution in [-0.2, 0) is 6.54 Å². The molecule has 0 bridgehead atoms. The molecule has 0 spiro atoms. The van der Waals surface area contributed by atoms with Gasteiger partial charge in [0.1, 0.15) is 0 Å². The summed E-state index contributed by atoms with van der Waals surface area (Å²) in [6, 6.07) is 23.5. The number of hydrogen-bond acceptors (Lipinski definition) is 3. The van der Waals surface area contributed by atoms with Crippen LogP contribution in [0, 0.1) is 11.8 Å². The second-order valence-electron chi connectivity index (χ2n) is 7.67. The summed E-state index contributed by atoms with van der Waals surface area (Å²) in [6.45, 7) is 2.76. The zero-order valence-electron chi connectivity index (χ0n) is 17.4. The van der Waals surface area contributed by atoms with Gasteiger partial charge in [0.15, 0.2) is 0 Å². The first-order chi connectivity index (χ1) is 15.2. The van der Waals surface area contributed by atoms with Gasteiger partial charge in [-0.3, -0.25) is 9.88 Å². The van der Waals surface area contributed by atoms with Crippen LogP contribution in [0.1, 0.15) is 29.7 Å². The maximum atomic E-state index is 12.5. The number of carbonyl (C=O) groups is 1. The van der Waals surface area contributed by atoms with Crippen LogP contribution in [0.4, 0.5) is 10.5 Å². The number of nitrogens with zero attached hydrogens (tertiary/aromatic N) is 2. The van der Waals surface area contributed by atoms with E-state index in [1.165, 1.54) is 0 Å². The lowest BCUT2D eigenvalue weighted by molar-refractivity contribution is 0.188. The summed E-state index contributed by atoms with van der Waals surface area (Å²) in [5.41, 5.74) is 3.66. The van der Waals surface area contributed by atoms with Crippen molar-refractivity contribution in [3.05, 3.63) is 95.8 Å². The molecule has 0 unspecified atom stereocenters. The minimum absolute atomic E-state index is 0.170. The predicted octanol–water partition coefficient (Wildman–Crippen LogP) is 4.27. The van der Waals surface area contributed by atoms with Crippen LogP contribution in [0.25, 0.3) is 0 Å². The first kappa shape index (κ1) is 20.6. The summed E-state index contributed by atoms with van der Waals surface area (Å²) >= 11 is 0.